The second kappa shape index (κ2) is 10.1. The van der Waals surface area contributed by atoms with E-state index in [0.29, 0.717) is 5.56 Å². The Balaban J connectivity index is 1.56. The van der Waals surface area contributed by atoms with Crippen molar-refractivity contribution in [3.63, 3.8) is 0 Å². The fraction of sp³-hybridized carbons (Fsp3) is 0.0312. The summed E-state index contributed by atoms with van der Waals surface area (Å²) in [5.41, 5.74) is 8.27. The monoisotopic (exact) mass is 454 g/mol. The fourth-order valence-electron chi connectivity index (χ4n) is 4.20. The molecule has 0 saturated carbocycles. The summed E-state index contributed by atoms with van der Waals surface area (Å²) in [7, 11) is 0. The van der Waals surface area contributed by atoms with Gasteiger partial charge in [-0.1, -0.05) is 54.1 Å². The maximum absolute atomic E-state index is 11.2. The van der Waals surface area contributed by atoms with Crippen molar-refractivity contribution in [1.82, 2.24) is 0 Å². The standard InChI is InChI=1S/C32H26N2O/c1-25-12-16-29(17-13-25)33(27-8-4-2-5-9-27)31-20-22-32(23-21-31)34(28-10-6-3-7-11-28)30-18-14-26(24-35)15-19-30/h2-24H,1H3. The number of para-hydroxylation sites is 2. The third kappa shape index (κ3) is 4.85. The van der Waals surface area contributed by atoms with Gasteiger partial charge in [0.25, 0.3) is 0 Å². The lowest BCUT2D eigenvalue weighted by Crippen LogP contribution is -2.12. The summed E-state index contributed by atoms with van der Waals surface area (Å²) in [6.07, 6.45) is 0.870. The van der Waals surface area contributed by atoms with Crippen molar-refractivity contribution in [1.29, 1.82) is 0 Å². The average molecular weight is 455 g/mol. The molecule has 0 aliphatic carbocycles. The van der Waals surface area contributed by atoms with Gasteiger partial charge >= 0.3 is 0 Å². The van der Waals surface area contributed by atoms with Crippen LogP contribution in [0.1, 0.15) is 15.9 Å². The van der Waals surface area contributed by atoms with E-state index in [2.05, 4.69) is 102 Å². The molecule has 5 rings (SSSR count). The van der Waals surface area contributed by atoms with Gasteiger partial charge in [0.05, 0.1) is 0 Å². The van der Waals surface area contributed by atoms with Crippen LogP contribution in [0.5, 0.6) is 0 Å². The summed E-state index contributed by atoms with van der Waals surface area (Å²) in [4.78, 5) is 15.6. The summed E-state index contributed by atoms with van der Waals surface area (Å²) in [6.45, 7) is 2.10. The van der Waals surface area contributed by atoms with Crippen LogP contribution in [-0.4, -0.2) is 6.29 Å². The van der Waals surface area contributed by atoms with Crippen LogP contribution < -0.4 is 9.80 Å². The number of rotatable bonds is 7. The molecule has 0 amide bonds. The largest absolute Gasteiger partial charge is 0.311 e. The van der Waals surface area contributed by atoms with E-state index in [9.17, 15) is 4.79 Å². The molecule has 0 bridgehead atoms. The smallest absolute Gasteiger partial charge is 0.150 e. The number of hydrogen-bond acceptors (Lipinski definition) is 3. The highest BCUT2D eigenvalue weighted by molar-refractivity contribution is 5.82. The fourth-order valence-corrected chi connectivity index (χ4v) is 4.20. The van der Waals surface area contributed by atoms with Crippen LogP contribution in [0.2, 0.25) is 0 Å². The Labute approximate surface area is 206 Å². The molecule has 0 N–H and O–H groups in total. The molecule has 0 aromatic heterocycles. The summed E-state index contributed by atoms with van der Waals surface area (Å²) in [5.74, 6) is 0. The van der Waals surface area contributed by atoms with Crippen LogP contribution in [0.4, 0.5) is 34.1 Å². The molecular formula is C32H26N2O. The molecule has 3 nitrogen and oxygen atoms in total. The molecule has 0 unspecified atom stereocenters. The van der Waals surface area contributed by atoms with Crippen LogP contribution in [0.3, 0.4) is 0 Å². The predicted molar refractivity (Wildman–Crippen MR) is 146 cm³/mol. The lowest BCUT2D eigenvalue weighted by Gasteiger charge is -2.28. The first kappa shape index (κ1) is 22.2. The Morgan fingerprint density at radius 2 is 0.743 bits per heavy atom. The van der Waals surface area contributed by atoms with Gasteiger partial charge in [0.1, 0.15) is 6.29 Å². The Kier molecular flexibility index (Phi) is 6.40. The minimum Gasteiger partial charge on any atom is -0.311 e. The molecule has 0 heterocycles. The van der Waals surface area contributed by atoms with Crippen LogP contribution in [0, 0.1) is 6.92 Å². The number of aryl methyl sites for hydroxylation is 1. The number of carbonyl (C=O) groups excluding carboxylic acids is 1. The van der Waals surface area contributed by atoms with Crippen molar-refractivity contribution in [3.05, 3.63) is 145 Å². The number of benzene rings is 5. The number of hydrogen-bond donors (Lipinski definition) is 0. The second-order valence-electron chi connectivity index (χ2n) is 8.40. The van der Waals surface area contributed by atoms with Gasteiger partial charge in [-0.25, -0.2) is 0 Å². The molecule has 5 aromatic rings. The van der Waals surface area contributed by atoms with Gasteiger partial charge in [-0.15, -0.1) is 0 Å². The molecule has 0 saturated heterocycles. The number of carbonyl (C=O) groups is 1. The number of anilines is 6. The van der Waals surface area contributed by atoms with Gasteiger partial charge in [-0.3, -0.25) is 4.79 Å². The summed E-state index contributed by atoms with van der Waals surface area (Å²) < 4.78 is 0. The van der Waals surface area contributed by atoms with E-state index in [1.807, 2.05) is 48.5 Å². The number of nitrogens with zero attached hydrogens (tertiary/aromatic N) is 2. The molecule has 5 aromatic carbocycles. The first-order valence-corrected chi connectivity index (χ1v) is 11.7. The molecule has 0 fully saturated rings. The van der Waals surface area contributed by atoms with E-state index in [0.717, 1.165) is 40.4 Å². The molecule has 35 heavy (non-hydrogen) atoms. The van der Waals surface area contributed by atoms with E-state index in [-0.39, 0.29) is 0 Å². The third-order valence-corrected chi connectivity index (χ3v) is 5.97. The van der Waals surface area contributed by atoms with Crippen molar-refractivity contribution in [2.45, 2.75) is 6.92 Å². The first-order valence-electron chi connectivity index (χ1n) is 11.7. The zero-order valence-electron chi connectivity index (χ0n) is 19.6. The zero-order valence-corrected chi connectivity index (χ0v) is 19.6. The van der Waals surface area contributed by atoms with Gasteiger partial charge in [0.2, 0.25) is 0 Å². The normalized spacial score (nSPS) is 10.5. The highest BCUT2D eigenvalue weighted by Crippen LogP contribution is 2.38. The van der Waals surface area contributed by atoms with Crippen LogP contribution >= 0.6 is 0 Å². The van der Waals surface area contributed by atoms with E-state index in [1.165, 1.54) is 5.56 Å². The van der Waals surface area contributed by atoms with Gasteiger partial charge in [0, 0.05) is 39.7 Å². The van der Waals surface area contributed by atoms with Crippen molar-refractivity contribution in [2.75, 3.05) is 9.80 Å². The van der Waals surface area contributed by atoms with E-state index >= 15 is 0 Å². The molecule has 3 heteroatoms. The van der Waals surface area contributed by atoms with E-state index < -0.39 is 0 Å². The van der Waals surface area contributed by atoms with Crippen molar-refractivity contribution < 1.29 is 4.79 Å². The average Bonchev–Trinajstić information content (AvgIpc) is 2.93. The van der Waals surface area contributed by atoms with Gasteiger partial charge in [-0.05, 0) is 91.9 Å². The van der Waals surface area contributed by atoms with E-state index in [4.69, 9.17) is 0 Å². The Morgan fingerprint density at radius 1 is 0.429 bits per heavy atom. The van der Waals surface area contributed by atoms with Gasteiger partial charge in [-0.2, -0.15) is 0 Å². The zero-order chi connectivity index (χ0) is 24.0. The van der Waals surface area contributed by atoms with Gasteiger partial charge < -0.3 is 9.80 Å². The minimum atomic E-state index is 0.661. The second-order valence-corrected chi connectivity index (χ2v) is 8.40. The maximum Gasteiger partial charge on any atom is 0.150 e. The van der Waals surface area contributed by atoms with Crippen molar-refractivity contribution >= 4 is 40.4 Å². The first-order chi connectivity index (χ1) is 17.2. The lowest BCUT2D eigenvalue weighted by atomic mass is 10.1. The lowest BCUT2D eigenvalue weighted by molar-refractivity contribution is 0.112. The van der Waals surface area contributed by atoms with Crippen molar-refractivity contribution in [3.8, 4) is 0 Å². The van der Waals surface area contributed by atoms with E-state index in [1.54, 1.807) is 0 Å². The van der Waals surface area contributed by atoms with Crippen LogP contribution in [-0.2, 0) is 0 Å². The summed E-state index contributed by atoms with van der Waals surface area (Å²) >= 11 is 0. The molecule has 170 valence electrons. The highest BCUT2D eigenvalue weighted by Gasteiger charge is 2.15. The Bertz CT molecular complexity index is 1380. The highest BCUT2D eigenvalue weighted by atomic mass is 16.1. The molecule has 0 radical (unpaired) electrons. The molecule has 0 aliphatic heterocycles. The quantitative estimate of drug-likeness (QED) is 0.230. The predicted octanol–water partition coefficient (Wildman–Crippen LogP) is 8.75. The van der Waals surface area contributed by atoms with Gasteiger partial charge in [0.15, 0.2) is 0 Å². The van der Waals surface area contributed by atoms with Crippen LogP contribution in [0.25, 0.3) is 0 Å². The molecule has 0 spiro atoms. The number of aldehydes is 1. The SMILES string of the molecule is Cc1ccc(N(c2ccccc2)c2ccc(N(c3ccccc3)c3ccc(C=O)cc3)cc2)cc1. The summed E-state index contributed by atoms with van der Waals surface area (Å²) in [5, 5.41) is 0. The Hall–Kier alpha value is -4.63. The maximum atomic E-state index is 11.2. The Morgan fingerprint density at radius 3 is 1.11 bits per heavy atom. The minimum absolute atomic E-state index is 0.661. The summed E-state index contributed by atoms with van der Waals surface area (Å²) in [6, 6.07) is 45.5. The van der Waals surface area contributed by atoms with Crippen molar-refractivity contribution in [2.24, 2.45) is 0 Å². The topological polar surface area (TPSA) is 23.6 Å². The molecule has 0 atom stereocenters. The molecule has 0 aliphatic rings. The van der Waals surface area contributed by atoms with Crippen LogP contribution in [0.15, 0.2) is 133 Å². The molecular weight excluding hydrogens is 428 g/mol. The third-order valence-electron chi connectivity index (χ3n) is 5.97.